The molecule has 2 heterocycles. The first-order valence-corrected chi connectivity index (χ1v) is 6.16. The second kappa shape index (κ2) is 3.10. The Morgan fingerprint density at radius 3 is 2.33 bits per heavy atom. The van der Waals surface area contributed by atoms with Crippen molar-refractivity contribution in [2.24, 2.45) is 23.7 Å². The molecule has 1 saturated carbocycles. The molecule has 0 unspecified atom stereocenters. The quantitative estimate of drug-likeness (QED) is 0.551. The molecule has 0 aromatic carbocycles. The lowest BCUT2D eigenvalue weighted by atomic mass is 9.85. The fourth-order valence-electron chi connectivity index (χ4n) is 3.59. The van der Waals surface area contributed by atoms with Crippen LogP contribution in [-0.2, 0) is 9.59 Å². The van der Waals surface area contributed by atoms with Crippen molar-refractivity contribution in [1.82, 2.24) is 5.16 Å². The maximum Gasteiger partial charge on any atom is 0.239 e. The Morgan fingerprint density at radius 2 is 1.83 bits per heavy atom. The van der Waals surface area contributed by atoms with Crippen molar-refractivity contribution in [3.05, 3.63) is 24.0 Å². The molecular formula is C13H12N2O3. The van der Waals surface area contributed by atoms with E-state index >= 15 is 0 Å². The number of amides is 2. The van der Waals surface area contributed by atoms with E-state index < -0.39 is 0 Å². The Morgan fingerprint density at radius 1 is 1.22 bits per heavy atom. The van der Waals surface area contributed by atoms with Gasteiger partial charge in [0.25, 0.3) is 0 Å². The number of carbonyl (C=O) groups excluding carboxylic acids is 2. The second-order valence-electron chi connectivity index (χ2n) is 5.31. The van der Waals surface area contributed by atoms with Crippen LogP contribution >= 0.6 is 0 Å². The number of allylic oxidation sites excluding steroid dienone is 2. The van der Waals surface area contributed by atoms with Crippen molar-refractivity contribution >= 4 is 17.6 Å². The molecule has 92 valence electrons. The highest BCUT2D eigenvalue weighted by molar-refractivity contribution is 6.22. The topological polar surface area (TPSA) is 63.4 Å². The number of nitrogens with zero attached hydrogens (tertiary/aromatic N) is 2. The Labute approximate surface area is 103 Å². The summed E-state index contributed by atoms with van der Waals surface area (Å²) in [5.74, 6) is 0.809. The average molecular weight is 244 g/mol. The molecule has 18 heavy (non-hydrogen) atoms. The minimum atomic E-state index is -0.176. The van der Waals surface area contributed by atoms with Gasteiger partial charge in [-0.2, -0.15) is 0 Å². The molecule has 0 N–H and O–H groups in total. The maximum atomic E-state index is 12.4. The van der Waals surface area contributed by atoms with Crippen molar-refractivity contribution < 1.29 is 14.1 Å². The molecular weight excluding hydrogens is 232 g/mol. The summed E-state index contributed by atoms with van der Waals surface area (Å²) in [6.07, 6.45) is 5.10. The first kappa shape index (κ1) is 10.1. The molecule has 3 aliphatic rings. The normalized spacial score (nSPS) is 36.8. The highest BCUT2D eigenvalue weighted by Gasteiger charge is 2.60. The zero-order valence-corrected chi connectivity index (χ0v) is 9.87. The number of rotatable bonds is 1. The van der Waals surface area contributed by atoms with E-state index in [1.807, 2.05) is 0 Å². The number of aromatic nitrogens is 1. The minimum Gasteiger partial charge on any atom is -0.360 e. The molecule has 1 saturated heterocycles. The number of aryl methyl sites for hydroxylation is 1. The molecule has 2 aliphatic carbocycles. The van der Waals surface area contributed by atoms with E-state index in [2.05, 4.69) is 17.3 Å². The van der Waals surface area contributed by atoms with E-state index in [0.717, 1.165) is 6.42 Å². The van der Waals surface area contributed by atoms with Gasteiger partial charge < -0.3 is 4.52 Å². The van der Waals surface area contributed by atoms with Gasteiger partial charge in [0.1, 0.15) is 5.76 Å². The first-order chi connectivity index (χ1) is 8.66. The summed E-state index contributed by atoms with van der Waals surface area (Å²) in [5, 5.41) is 3.79. The van der Waals surface area contributed by atoms with Gasteiger partial charge in [-0.3, -0.25) is 9.59 Å². The minimum absolute atomic E-state index is 0.116. The van der Waals surface area contributed by atoms with Crippen LogP contribution in [0.1, 0.15) is 12.2 Å². The van der Waals surface area contributed by atoms with E-state index in [4.69, 9.17) is 4.52 Å². The van der Waals surface area contributed by atoms with Crippen LogP contribution in [0.15, 0.2) is 22.7 Å². The van der Waals surface area contributed by atoms with Crippen molar-refractivity contribution in [1.29, 1.82) is 0 Å². The molecule has 1 aromatic rings. The fraction of sp³-hybridized carbons (Fsp3) is 0.462. The number of hydrogen-bond acceptors (Lipinski definition) is 4. The lowest BCUT2D eigenvalue weighted by Gasteiger charge is -2.14. The SMILES string of the molecule is Cc1cc(N2C(=O)[C@@H]3[C@H](C2=O)[C@@H]2C=C[C@H]3C2)no1. The monoisotopic (exact) mass is 244 g/mol. The Kier molecular flexibility index (Phi) is 1.73. The highest BCUT2D eigenvalue weighted by Crippen LogP contribution is 2.53. The summed E-state index contributed by atoms with van der Waals surface area (Å²) in [4.78, 5) is 26.0. The smallest absolute Gasteiger partial charge is 0.239 e. The molecule has 2 amide bonds. The summed E-state index contributed by atoms with van der Waals surface area (Å²) in [7, 11) is 0. The predicted molar refractivity (Wildman–Crippen MR) is 61.5 cm³/mol. The van der Waals surface area contributed by atoms with Crippen LogP contribution in [0.3, 0.4) is 0 Å². The number of fused-ring (bicyclic) bond motifs is 5. The highest BCUT2D eigenvalue weighted by atomic mass is 16.5. The average Bonchev–Trinajstić information content (AvgIpc) is 3.05. The van der Waals surface area contributed by atoms with Gasteiger partial charge in [0.2, 0.25) is 11.8 Å². The predicted octanol–water partition coefficient (Wildman–Crippen LogP) is 1.29. The number of imide groups is 1. The summed E-state index contributed by atoms with van der Waals surface area (Å²) in [6.45, 7) is 1.74. The molecule has 4 atom stereocenters. The van der Waals surface area contributed by atoms with E-state index in [9.17, 15) is 9.59 Å². The van der Waals surface area contributed by atoms with Crippen molar-refractivity contribution in [3.63, 3.8) is 0 Å². The van der Waals surface area contributed by atoms with Crippen molar-refractivity contribution in [2.75, 3.05) is 4.90 Å². The standard InChI is InChI=1S/C13H12N2O3/c1-6-4-9(14-18-6)15-12(16)10-7-2-3-8(5-7)11(10)13(15)17/h2-4,7-8,10-11H,5H2,1H3/t7-,8+,10-,11+. The molecule has 1 aromatic heterocycles. The molecule has 0 radical (unpaired) electrons. The molecule has 0 spiro atoms. The van der Waals surface area contributed by atoms with Crippen LogP contribution in [0.2, 0.25) is 0 Å². The molecule has 5 heteroatoms. The summed E-state index contributed by atoms with van der Waals surface area (Å²) in [6, 6.07) is 1.63. The van der Waals surface area contributed by atoms with Crippen LogP contribution in [0.4, 0.5) is 5.82 Å². The van der Waals surface area contributed by atoms with Crippen LogP contribution < -0.4 is 4.90 Å². The molecule has 2 fully saturated rings. The van der Waals surface area contributed by atoms with Gasteiger partial charge >= 0.3 is 0 Å². The summed E-state index contributed by atoms with van der Waals surface area (Å²) in [5.41, 5.74) is 0. The summed E-state index contributed by atoms with van der Waals surface area (Å²) < 4.78 is 4.95. The van der Waals surface area contributed by atoms with E-state index in [0.29, 0.717) is 11.6 Å². The van der Waals surface area contributed by atoms with Crippen LogP contribution in [0.25, 0.3) is 0 Å². The van der Waals surface area contributed by atoms with Crippen molar-refractivity contribution in [2.45, 2.75) is 13.3 Å². The van der Waals surface area contributed by atoms with Gasteiger partial charge in [0.05, 0.1) is 11.8 Å². The van der Waals surface area contributed by atoms with Crippen LogP contribution in [0.5, 0.6) is 0 Å². The van der Waals surface area contributed by atoms with Gasteiger partial charge in [-0.1, -0.05) is 17.3 Å². The largest absolute Gasteiger partial charge is 0.360 e. The van der Waals surface area contributed by atoms with Crippen LogP contribution in [-0.4, -0.2) is 17.0 Å². The molecule has 1 aliphatic heterocycles. The molecule has 5 nitrogen and oxygen atoms in total. The van der Waals surface area contributed by atoms with Gasteiger partial charge in [0.15, 0.2) is 5.82 Å². The van der Waals surface area contributed by atoms with Gasteiger partial charge in [-0.05, 0) is 25.2 Å². The number of carbonyl (C=O) groups is 2. The second-order valence-corrected chi connectivity index (χ2v) is 5.31. The van der Waals surface area contributed by atoms with E-state index in [-0.39, 0.29) is 35.5 Å². The Bertz CT molecular complexity index is 559. The maximum absolute atomic E-state index is 12.4. The Hall–Kier alpha value is -1.91. The van der Waals surface area contributed by atoms with E-state index in [1.54, 1.807) is 13.0 Å². The fourth-order valence-corrected chi connectivity index (χ4v) is 3.59. The number of anilines is 1. The number of hydrogen-bond donors (Lipinski definition) is 0. The van der Waals surface area contributed by atoms with Crippen molar-refractivity contribution in [3.8, 4) is 0 Å². The zero-order valence-electron chi connectivity index (χ0n) is 9.87. The first-order valence-electron chi connectivity index (χ1n) is 6.16. The summed E-state index contributed by atoms with van der Waals surface area (Å²) >= 11 is 0. The van der Waals surface area contributed by atoms with E-state index in [1.165, 1.54) is 4.90 Å². The molecule has 4 rings (SSSR count). The third kappa shape index (κ3) is 1.04. The third-order valence-corrected chi connectivity index (χ3v) is 4.31. The van der Waals surface area contributed by atoms with Gasteiger partial charge in [-0.25, -0.2) is 4.90 Å². The lowest BCUT2D eigenvalue weighted by molar-refractivity contribution is -0.123. The Balaban J connectivity index is 1.76. The van der Waals surface area contributed by atoms with Gasteiger partial charge in [0, 0.05) is 6.07 Å². The molecule has 2 bridgehead atoms. The van der Waals surface area contributed by atoms with Crippen LogP contribution in [0, 0.1) is 30.6 Å². The third-order valence-electron chi connectivity index (χ3n) is 4.31. The zero-order chi connectivity index (χ0) is 12.4. The van der Waals surface area contributed by atoms with Gasteiger partial charge in [-0.15, -0.1) is 0 Å². The lowest BCUT2D eigenvalue weighted by Crippen LogP contribution is -2.33.